The van der Waals surface area contributed by atoms with Gasteiger partial charge in [0.15, 0.2) is 0 Å². The van der Waals surface area contributed by atoms with Gasteiger partial charge in [-0.1, -0.05) is 6.07 Å². The summed E-state index contributed by atoms with van der Waals surface area (Å²) in [5.74, 6) is 0.700. The molecule has 2 aromatic heterocycles. The van der Waals surface area contributed by atoms with Gasteiger partial charge in [-0.3, -0.25) is 4.98 Å². The number of anilines is 1. The first-order chi connectivity index (χ1) is 7.92. The number of pyridine rings is 1. The fourth-order valence-corrected chi connectivity index (χ4v) is 1.50. The monoisotopic (exact) mass is 212 g/mol. The highest BCUT2D eigenvalue weighted by Gasteiger charge is 2.21. The van der Waals surface area contributed by atoms with Gasteiger partial charge in [0.25, 0.3) is 0 Å². The molecule has 0 saturated heterocycles. The van der Waals surface area contributed by atoms with Gasteiger partial charge in [0, 0.05) is 18.4 Å². The second kappa shape index (κ2) is 3.89. The molecule has 1 N–H and O–H groups in total. The molecule has 0 atom stereocenters. The molecular formula is C12H12N4. The van der Waals surface area contributed by atoms with Gasteiger partial charge < -0.3 is 5.32 Å². The van der Waals surface area contributed by atoms with E-state index >= 15 is 0 Å². The summed E-state index contributed by atoms with van der Waals surface area (Å²) in [5.41, 5.74) is 1.74. The second-order valence-corrected chi connectivity index (χ2v) is 3.90. The molecule has 0 amide bonds. The summed E-state index contributed by atoms with van der Waals surface area (Å²) in [4.78, 5) is 12.9. The van der Waals surface area contributed by atoms with Crippen molar-refractivity contribution in [1.82, 2.24) is 15.0 Å². The highest BCUT2D eigenvalue weighted by Crippen LogP contribution is 2.23. The number of nitrogens with one attached hydrogen (secondary N) is 1. The zero-order valence-electron chi connectivity index (χ0n) is 8.80. The van der Waals surface area contributed by atoms with E-state index in [0.29, 0.717) is 12.0 Å². The van der Waals surface area contributed by atoms with Crippen LogP contribution in [-0.2, 0) is 0 Å². The summed E-state index contributed by atoms with van der Waals surface area (Å²) in [6.07, 6.45) is 5.97. The molecular weight excluding hydrogens is 200 g/mol. The first kappa shape index (κ1) is 9.27. The summed E-state index contributed by atoms with van der Waals surface area (Å²) in [7, 11) is 0. The van der Waals surface area contributed by atoms with Crippen LogP contribution in [0.4, 0.5) is 5.95 Å². The lowest BCUT2D eigenvalue weighted by molar-refractivity contribution is 1.05. The zero-order chi connectivity index (χ0) is 10.8. The minimum atomic E-state index is 0.569. The first-order valence-electron chi connectivity index (χ1n) is 5.43. The van der Waals surface area contributed by atoms with Crippen molar-refractivity contribution in [3.8, 4) is 11.4 Å². The van der Waals surface area contributed by atoms with Crippen LogP contribution in [0.25, 0.3) is 11.4 Å². The van der Waals surface area contributed by atoms with Gasteiger partial charge in [0.1, 0.15) is 0 Å². The van der Waals surface area contributed by atoms with Gasteiger partial charge in [-0.25, -0.2) is 9.97 Å². The number of hydrogen-bond donors (Lipinski definition) is 1. The topological polar surface area (TPSA) is 50.7 Å². The van der Waals surface area contributed by atoms with E-state index in [1.54, 1.807) is 12.4 Å². The third-order valence-electron chi connectivity index (χ3n) is 2.49. The predicted molar refractivity (Wildman–Crippen MR) is 61.9 cm³/mol. The first-order valence-corrected chi connectivity index (χ1v) is 5.43. The lowest BCUT2D eigenvalue weighted by Gasteiger charge is -2.04. The van der Waals surface area contributed by atoms with E-state index in [0.717, 1.165) is 11.4 Å². The average molecular weight is 212 g/mol. The molecule has 1 aliphatic carbocycles. The zero-order valence-corrected chi connectivity index (χ0v) is 8.80. The van der Waals surface area contributed by atoms with Gasteiger partial charge in [0.2, 0.25) is 5.95 Å². The number of nitrogens with zero attached hydrogens (tertiary/aromatic N) is 3. The van der Waals surface area contributed by atoms with Crippen LogP contribution in [0.2, 0.25) is 0 Å². The predicted octanol–water partition coefficient (Wildman–Crippen LogP) is 2.11. The van der Waals surface area contributed by atoms with Crippen LogP contribution in [0.3, 0.4) is 0 Å². The van der Waals surface area contributed by atoms with E-state index in [4.69, 9.17) is 0 Å². The van der Waals surface area contributed by atoms with Crippen LogP contribution in [0.15, 0.2) is 36.7 Å². The van der Waals surface area contributed by atoms with Gasteiger partial charge >= 0.3 is 0 Å². The van der Waals surface area contributed by atoms with E-state index in [2.05, 4.69) is 20.3 Å². The Labute approximate surface area is 93.8 Å². The molecule has 0 aliphatic heterocycles. The largest absolute Gasteiger partial charge is 0.351 e. The molecule has 4 nitrogen and oxygen atoms in total. The maximum absolute atomic E-state index is 4.44. The van der Waals surface area contributed by atoms with Crippen molar-refractivity contribution in [3.63, 3.8) is 0 Å². The Bertz CT molecular complexity index is 479. The molecule has 0 bridgehead atoms. The molecule has 80 valence electrons. The minimum Gasteiger partial charge on any atom is -0.351 e. The summed E-state index contributed by atoms with van der Waals surface area (Å²) in [6, 6.07) is 8.25. The second-order valence-electron chi connectivity index (χ2n) is 3.90. The Morgan fingerprint density at radius 1 is 1.00 bits per heavy atom. The van der Waals surface area contributed by atoms with E-state index in [-0.39, 0.29) is 0 Å². The minimum absolute atomic E-state index is 0.569. The van der Waals surface area contributed by atoms with Crippen molar-refractivity contribution in [1.29, 1.82) is 0 Å². The summed E-state index contributed by atoms with van der Waals surface area (Å²) in [6.45, 7) is 0. The van der Waals surface area contributed by atoms with Crippen LogP contribution >= 0.6 is 0 Å². The average Bonchev–Trinajstić information content (AvgIpc) is 3.15. The third kappa shape index (κ3) is 2.00. The summed E-state index contributed by atoms with van der Waals surface area (Å²) < 4.78 is 0. The van der Waals surface area contributed by atoms with Gasteiger partial charge in [-0.2, -0.15) is 0 Å². The maximum atomic E-state index is 4.44. The molecule has 2 aromatic rings. The lowest BCUT2D eigenvalue weighted by Crippen LogP contribution is -2.05. The summed E-state index contributed by atoms with van der Waals surface area (Å²) in [5, 5.41) is 3.28. The van der Waals surface area contributed by atoms with Gasteiger partial charge in [-0.05, 0) is 31.0 Å². The van der Waals surface area contributed by atoms with Crippen LogP contribution in [0.1, 0.15) is 12.8 Å². The van der Waals surface area contributed by atoms with Crippen molar-refractivity contribution < 1.29 is 0 Å². The van der Waals surface area contributed by atoms with Gasteiger partial charge in [-0.15, -0.1) is 0 Å². The van der Waals surface area contributed by atoms with E-state index in [1.165, 1.54) is 12.8 Å². The smallest absolute Gasteiger partial charge is 0.223 e. The van der Waals surface area contributed by atoms with Crippen LogP contribution in [-0.4, -0.2) is 21.0 Å². The van der Waals surface area contributed by atoms with Crippen molar-refractivity contribution in [3.05, 3.63) is 36.7 Å². The van der Waals surface area contributed by atoms with E-state index in [1.807, 2.05) is 24.3 Å². The van der Waals surface area contributed by atoms with Crippen molar-refractivity contribution in [2.45, 2.75) is 18.9 Å². The normalized spacial score (nSPS) is 14.8. The Balaban J connectivity index is 1.89. The molecule has 0 radical (unpaired) electrons. The Morgan fingerprint density at radius 2 is 1.94 bits per heavy atom. The standard InChI is InChI=1S/C12H12N4/c1-2-7-13-10(3-1)11-6-8-14-12(16-11)15-9-4-5-9/h1-3,6-9H,4-5H2,(H,14,15,16). The molecule has 0 aromatic carbocycles. The van der Waals surface area contributed by atoms with Crippen molar-refractivity contribution in [2.75, 3.05) is 5.32 Å². The van der Waals surface area contributed by atoms with E-state index in [9.17, 15) is 0 Å². The number of hydrogen-bond acceptors (Lipinski definition) is 4. The SMILES string of the molecule is c1ccc(-c2ccnc(NC3CC3)n2)nc1. The lowest BCUT2D eigenvalue weighted by atomic mass is 10.3. The molecule has 1 fully saturated rings. The van der Waals surface area contributed by atoms with Crippen molar-refractivity contribution in [2.24, 2.45) is 0 Å². The molecule has 16 heavy (non-hydrogen) atoms. The van der Waals surface area contributed by atoms with Crippen molar-refractivity contribution >= 4 is 5.95 Å². The van der Waals surface area contributed by atoms with Gasteiger partial charge in [0.05, 0.1) is 11.4 Å². The maximum Gasteiger partial charge on any atom is 0.223 e. The fraction of sp³-hybridized carbons (Fsp3) is 0.250. The molecule has 0 unspecified atom stereocenters. The molecule has 1 saturated carbocycles. The number of rotatable bonds is 3. The Morgan fingerprint density at radius 3 is 2.69 bits per heavy atom. The molecule has 1 aliphatic rings. The van der Waals surface area contributed by atoms with Crippen LogP contribution < -0.4 is 5.32 Å². The summed E-state index contributed by atoms with van der Waals surface area (Å²) >= 11 is 0. The third-order valence-corrected chi connectivity index (χ3v) is 2.49. The Kier molecular flexibility index (Phi) is 2.25. The van der Waals surface area contributed by atoms with Crippen LogP contribution in [0, 0.1) is 0 Å². The highest BCUT2D eigenvalue weighted by atomic mass is 15.1. The Hall–Kier alpha value is -1.97. The number of aromatic nitrogens is 3. The quantitative estimate of drug-likeness (QED) is 0.846. The fourth-order valence-electron chi connectivity index (χ4n) is 1.50. The molecule has 0 spiro atoms. The molecule has 2 heterocycles. The molecule has 4 heteroatoms. The highest BCUT2D eigenvalue weighted by molar-refractivity contribution is 5.54. The van der Waals surface area contributed by atoms with E-state index < -0.39 is 0 Å². The molecule has 3 rings (SSSR count). The van der Waals surface area contributed by atoms with Crippen LogP contribution in [0.5, 0.6) is 0 Å².